The fraction of sp³-hybridized carbons (Fsp3) is 0.500. The number of benzene rings is 1. The summed E-state index contributed by atoms with van der Waals surface area (Å²) in [4.78, 5) is 11.6. The first-order valence-corrected chi connectivity index (χ1v) is 6.19. The molecule has 4 nitrogen and oxygen atoms in total. The van der Waals surface area contributed by atoms with Crippen molar-refractivity contribution in [2.45, 2.75) is 19.0 Å². The van der Waals surface area contributed by atoms with Gasteiger partial charge in [0.05, 0.1) is 26.2 Å². The fourth-order valence-corrected chi connectivity index (χ4v) is 2.26. The van der Waals surface area contributed by atoms with Crippen LogP contribution in [0.15, 0.2) is 30.3 Å². The number of carbonyl (C=O) groups is 1. The van der Waals surface area contributed by atoms with Gasteiger partial charge in [0.25, 0.3) is 0 Å². The van der Waals surface area contributed by atoms with E-state index in [4.69, 9.17) is 9.47 Å². The van der Waals surface area contributed by atoms with Crippen molar-refractivity contribution in [2.24, 2.45) is 5.92 Å². The molecule has 0 aromatic heterocycles. The van der Waals surface area contributed by atoms with Crippen LogP contribution in [0, 0.1) is 5.92 Å². The standard InChI is InChI=1S/C14H19NO3/c1-10(11-6-4-3-5-7-11)15-13-9-18-8-12(13)14(16)17-2/h3-7,10,12-13,15H,8-9H2,1-2H3/t10-,12+,13+/m1/s1. The van der Waals surface area contributed by atoms with E-state index in [9.17, 15) is 4.79 Å². The van der Waals surface area contributed by atoms with Gasteiger partial charge in [0, 0.05) is 12.1 Å². The molecule has 1 aliphatic heterocycles. The third kappa shape index (κ3) is 2.89. The highest BCUT2D eigenvalue weighted by Crippen LogP contribution is 2.20. The molecule has 18 heavy (non-hydrogen) atoms. The van der Waals surface area contributed by atoms with Gasteiger partial charge in [0.1, 0.15) is 0 Å². The second-order valence-electron chi connectivity index (χ2n) is 4.57. The number of esters is 1. The molecule has 0 aliphatic carbocycles. The van der Waals surface area contributed by atoms with Crippen molar-refractivity contribution in [3.05, 3.63) is 35.9 Å². The van der Waals surface area contributed by atoms with Gasteiger partial charge >= 0.3 is 5.97 Å². The molecular formula is C14H19NO3. The van der Waals surface area contributed by atoms with E-state index in [-0.39, 0.29) is 24.0 Å². The van der Waals surface area contributed by atoms with Gasteiger partial charge in [-0.05, 0) is 12.5 Å². The van der Waals surface area contributed by atoms with Crippen LogP contribution < -0.4 is 5.32 Å². The lowest BCUT2D eigenvalue weighted by Crippen LogP contribution is -2.41. The van der Waals surface area contributed by atoms with Gasteiger partial charge in [-0.15, -0.1) is 0 Å². The van der Waals surface area contributed by atoms with E-state index >= 15 is 0 Å². The Labute approximate surface area is 107 Å². The molecule has 0 amide bonds. The molecule has 0 saturated carbocycles. The zero-order chi connectivity index (χ0) is 13.0. The van der Waals surface area contributed by atoms with Gasteiger partial charge in [-0.1, -0.05) is 30.3 Å². The van der Waals surface area contributed by atoms with Crippen molar-refractivity contribution in [1.29, 1.82) is 0 Å². The molecule has 0 bridgehead atoms. The van der Waals surface area contributed by atoms with Crippen LogP contribution in [0.5, 0.6) is 0 Å². The SMILES string of the molecule is COC(=O)[C@H]1COC[C@@H]1N[C@H](C)c1ccccc1. The second kappa shape index (κ2) is 5.98. The molecule has 1 aliphatic rings. The lowest BCUT2D eigenvalue weighted by atomic mass is 10.0. The Morgan fingerprint density at radius 3 is 2.78 bits per heavy atom. The van der Waals surface area contributed by atoms with Crippen molar-refractivity contribution >= 4 is 5.97 Å². The van der Waals surface area contributed by atoms with Crippen LogP contribution in [0.1, 0.15) is 18.5 Å². The maximum Gasteiger partial charge on any atom is 0.312 e. The van der Waals surface area contributed by atoms with Gasteiger partial charge < -0.3 is 14.8 Å². The minimum absolute atomic E-state index is 0.0210. The maximum atomic E-state index is 11.6. The van der Waals surface area contributed by atoms with Gasteiger partial charge in [-0.2, -0.15) is 0 Å². The number of methoxy groups -OCH3 is 1. The summed E-state index contributed by atoms with van der Waals surface area (Å²) in [6, 6.07) is 10.4. The zero-order valence-electron chi connectivity index (χ0n) is 10.8. The zero-order valence-corrected chi connectivity index (χ0v) is 10.8. The third-order valence-electron chi connectivity index (χ3n) is 3.35. The normalized spacial score (nSPS) is 24.8. The minimum Gasteiger partial charge on any atom is -0.469 e. The lowest BCUT2D eigenvalue weighted by Gasteiger charge is -2.22. The molecule has 0 radical (unpaired) electrons. The molecule has 1 N–H and O–H groups in total. The van der Waals surface area contributed by atoms with Crippen molar-refractivity contribution in [3.63, 3.8) is 0 Å². The molecule has 1 saturated heterocycles. The summed E-state index contributed by atoms with van der Waals surface area (Å²) < 4.78 is 10.2. The Kier molecular flexibility index (Phi) is 4.33. The molecule has 1 aromatic rings. The van der Waals surface area contributed by atoms with Crippen LogP contribution in [0.25, 0.3) is 0 Å². The van der Waals surface area contributed by atoms with E-state index in [1.807, 2.05) is 18.2 Å². The molecule has 0 spiro atoms. The van der Waals surface area contributed by atoms with E-state index in [0.717, 1.165) is 0 Å². The maximum absolute atomic E-state index is 11.6. The average molecular weight is 249 g/mol. The summed E-state index contributed by atoms with van der Waals surface area (Å²) in [6.07, 6.45) is 0. The number of ether oxygens (including phenoxy) is 2. The molecule has 0 unspecified atom stereocenters. The monoisotopic (exact) mass is 249 g/mol. The van der Waals surface area contributed by atoms with Crippen molar-refractivity contribution in [3.8, 4) is 0 Å². The number of hydrogen-bond acceptors (Lipinski definition) is 4. The van der Waals surface area contributed by atoms with Gasteiger partial charge in [-0.25, -0.2) is 0 Å². The first kappa shape index (κ1) is 13.1. The molecule has 3 atom stereocenters. The largest absolute Gasteiger partial charge is 0.469 e. The molecule has 1 heterocycles. The Hall–Kier alpha value is -1.39. The van der Waals surface area contributed by atoms with Crippen molar-refractivity contribution < 1.29 is 14.3 Å². The molecule has 1 fully saturated rings. The molecular weight excluding hydrogens is 230 g/mol. The molecule has 2 rings (SSSR count). The van der Waals surface area contributed by atoms with E-state index in [2.05, 4.69) is 24.4 Å². The third-order valence-corrected chi connectivity index (χ3v) is 3.35. The van der Waals surface area contributed by atoms with Gasteiger partial charge in [-0.3, -0.25) is 4.79 Å². The van der Waals surface area contributed by atoms with Crippen molar-refractivity contribution in [1.82, 2.24) is 5.32 Å². The van der Waals surface area contributed by atoms with Crippen molar-refractivity contribution in [2.75, 3.05) is 20.3 Å². The highest BCUT2D eigenvalue weighted by molar-refractivity contribution is 5.73. The Bertz CT molecular complexity index is 393. The highest BCUT2D eigenvalue weighted by atomic mass is 16.5. The van der Waals surface area contributed by atoms with Crippen LogP contribution >= 0.6 is 0 Å². The first-order chi connectivity index (χ1) is 8.72. The second-order valence-corrected chi connectivity index (χ2v) is 4.57. The predicted octanol–water partition coefficient (Wildman–Crippen LogP) is 1.53. The van der Waals surface area contributed by atoms with Crippen LogP contribution in [0.3, 0.4) is 0 Å². The fourth-order valence-electron chi connectivity index (χ4n) is 2.26. The minimum atomic E-state index is -0.207. The van der Waals surface area contributed by atoms with E-state index in [1.54, 1.807) is 0 Å². The molecule has 1 aromatic carbocycles. The van der Waals surface area contributed by atoms with E-state index < -0.39 is 0 Å². The number of hydrogen-bond donors (Lipinski definition) is 1. The Morgan fingerprint density at radius 1 is 1.39 bits per heavy atom. The number of carbonyl (C=O) groups excluding carboxylic acids is 1. The van der Waals surface area contributed by atoms with E-state index in [1.165, 1.54) is 12.7 Å². The average Bonchev–Trinajstić information content (AvgIpc) is 2.87. The van der Waals surface area contributed by atoms with Crippen LogP contribution in [-0.2, 0) is 14.3 Å². The highest BCUT2D eigenvalue weighted by Gasteiger charge is 2.35. The lowest BCUT2D eigenvalue weighted by molar-refractivity contribution is -0.145. The topological polar surface area (TPSA) is 47.6 Å². The molecule has 98 valence electrons. The summed E-state index contributed by atoms with van der Waals surface area (Å²) in [7, 11) is 1.42. The summed E-state index contributed by atoms with van der Waals surface area (Å²) in [5.41, 5.74) is 1.20. The summed E-state index contributed by atoms with van der Waals surface area (Å²) in [5.74, 6) is -0.411. The Morgan fingerprint density at radius 2 is 2.11 bits per heavy atom. The number of rotatable bonds is 4. The predicted molar refractivity (Wildman–Crippen MR) is 68.1 cm³/mol. The summed E-state index contributed by atoms with van der Waals surface area (Å²) in [5, 5.41) is 3.43. The van der Waals surface area contributed by atoms with E-state index in [0.29, 0.717) is 13.2 Å². The quantitative estimate of drug-likeness (QED) is 0.822. The summed E-state index contributed by atoms with van der Waals surface area (Å²) >= 11 is 0. The number of nitrogens with one attached hydrogen (secondary N) is 1. The Balaban J connectivity index is 1.98. The van der Waals surface area contributed by atoms with Crippen LogP contribution in [0.2, 0.25) is 0 Å². The summed E-state index contributed by atoms with van der Waals surface area (Å²) in [6.45, 7) is 3.07. The van der Waals surface area contributed by atoms with Crippen LogP contribution in [-0.4, -0.2) is 32.3 Å². The first-order valence-electron chi connectivity index (χ1n) is 6.19. The van der Waals surface area contributed by atoms with Gasteiger partial charge in [0.2, 0.25) is 0 Å². The van der Waals surface area contributed by atoms with Crippen LogP contribution in [0.4, 0.5) is 0 Å². The molecule has 4 heteroatoms. The smallest absolute Gasteiger partial charge is 0.312 e. The van der Waals surface area contributed by atoms with Gasteiger partial charge in [0.15, 0.2) is 0 Å².